The molecule has 1 aliphatic rings. The molecule has 0 radical (unpaired) electrons. The van der Waals surface area contributed by atoms with Crippen LogP contribution < -0.4 is 10.1 Å². The van der Waals surface area contributed by atoms with E-state index in [9.17, 15) is 9.59 Å². The van der Waals surface area contributed by atoms with Crippen LogP contribution in [0.25, 0.3) is 0 Å². The molecule has 0 unspecified atom stereocenters. The Morgan fingerprint density at radius 1 is 1.14 bits per heavy atom. The Kier molecular flexibility index (Phi) is 6.63. The van der Waals surface area contributed by atoms with E-state index >= 15 is 0 Å². The van der Waals surface area contributed by atoms with Crippen molar-refractivity contribution < 1.29 is 14.3 Å². The second-order valence-electron chi connectivity index (χ2n) is 7.38. The normalized spacial score (nSPS) is 14.8. The minimum atomic E-state index is -0.0787. The molecule has 1 fully saturated rings. The highest BCUT2D eigenvalue weighted by Gasteiger charge is 2.24. The first-order valence-corrected chi connectivity index (χ1v) is 9.77. The van der Waals surface area contributed by atoms with Gasteiger partial charge in [0.1, 0.15) is 5.75 Å². The lowest BCUT2D eigenvalue weighted by molar-refractivity contribution is 0.0684. The number of hydrogen-bond donors (Lipinski definition) is 1. The number of hydrogen-bond acceptors (Lipinski definition) is 4. The number of carbonyl (C=O) groups excluding carboxylic acids is 2. The quantitative estimate of drug-likeness (QED) is 0.834. The first kappa shape index (κ1) is 19.9. The van der Waals surface area contributed by atoms with Crippen molar-refractivity contribution in [1.82, 2.24) is 15.2 Å². The lowest BCUT2D eigenvalue weighted by Gasteiger charge is -2.32. The number of rotatable bonds is 6. The number of aromatic nitrogens is 1. The molecule has 1 aliphatic heterocycles. The summed E-state index contributed by atoms with van der Waals surface area (Å²) in [5.41, 5.74) is 1.25. The second-order valence-corrected chi connectivity index (χ2v) is 7.38. The van der Waals surface area contributed by atoms with Crippen LogP contribution in [0.1, 0.15) is 47.4 Å². The third-order valence-electron chi connectivity index (χ3n) is 4.85. The Balaban J connectivity index is 1.43. The fraction of sp³-hybridized carbons (Fsp3) is 0.409. The van der Waals surface area contributed by atoms with Gasteiger partial charge in [0, 0.05) is 37.6 Å². The fourth-order valence-corrected chi connectivity index (χ4v) is 3.31. The van der Waals surface area contributed by atoms with Gasteiger partial charge in [-0.2, -0.15) is 0 Å². The lowest BCUT2D eigenvalue weighted by atomic mass is 9.96. The summed E-state index contributed by atoms with van der Waals surface area (Å²) in [6, 6.07) is 10.8. The lowest BCUT2D eigenvalue weighted by Crippen LogP contribution is -2.41. The SMILES string of the molecule is CC(C)Oc1ccc(C(=O)NCC2CCN(C(=O)c3cccnc3)CC2)cc1. The van der Waals surface area contributed by atoms with Crippen molar-refractivity contribution in [2.75, 3.05) is 19.6 Å². The van der Waals surface area contributed by atoms with E-state index in [4.69, 9.17) is 4.74 Å². The summed E-state index contributed by atoms with van der Waals surface area (Å²) in [4.78, 5) is 30.7. The van der Waals surface area contributed by atoms with Crippen LogP contribution in [0, 0.1) is 5.92 Å². The summed E-state index contributed by atoms with van der Waals surface area (Å²) >= 11 is 0. The second kappa shape index (κ2) is 9.35. The number of amides is 2. The number of nitrogens with zero attached hydrogens (tertiary/aromatic N) is 2. The van der Waals surface area contributed by atoms with Gasteiger partial charge in [-0.25, -0.2) is 0 Å². The van der Waals surface area contributed by atoms with Gasteiger partial charge in [0.2, 0.25) is 0 Å². The molecular formula is C22H27N3O3. The van der Waals surface area contributed by atoms with E-state index in [-0.39, 0.29) is 17.9 Å². The van der Waals surface area contributed by atoms with Crippen molar-refractivity contribution in [1.29, 1.82) is 0 Å². The molecule has 2 amide bonds. The molecule has 0 bridgehead atoms. The van der Waals surface area contributed by atoms with Gasteiger partial charge in [-0.05, 0) is 69.0 Å². The Labute approximate surface area is 165 Å². The molecule has 28 heavy (non-hydrogen) atoms. The molecule has 6 nitrogen and oxygen atoms in total. The summed E-state index contributed by atoms with van der Waals surface area (Å²) < 4.78 is 5.60. The predicted molar refractivity (Wildman–Crippen MR) is 107 cm³/mol. The zero-order chi connectivity index (χ0) is 19.9. The molecule has 0 atom stereocenters. The Morgan fingerprint density at radius 2 is 1.86 bits per heavy atom. The van der Waals surface area contributed by atoms with E-state index in [1.54, 1.807) is 36.7 Å². The molecule has 0 aliphatic carbocycles. The van der Waals surface area contributed by atoms with Crippen LogP contribution in [0.15, 0.2) is 48.8 Å². The maximum absolute atomic E-state index is 12.5. The van der Waals surface area contributed by atoms with E-state index < -0.39 is 0 Å². The average Bonchev–Trinajstić information content (AvgIpc) is 2.72. The minimum absolute atomic E-state index is 0.0271. The first-order chi connectivity index (χ1) is 13.5. The molecule has 1 aromatic heterocycles. The summed E-state index contributed by atoms with van der Waals surface area (Å²) in [5, 5.41) is 3.01. The van der Waals surface area contributed by atoms with Crippen LogP contribution in [0.5, 0.6) is 5.75 Å². The molecule has 0 saturated carbocycles. The zero-order valence-electron chi connectivity index (χ0n) is 16.4. The number of ether oxygens (including phenoxy) is 1. The van der Waals surface area contributed by atoms with Crippen molar-refractivity contribution >= 4 is 11.8 Å². The molecular weight excluding hydrogens is 354 g/mol. The fourth-order valence-electron chi connectivity index (χ4n) is 3.31. The van der Waals surface area contributed by atoms with Crippen molar-refractivity contribution in [3.63, 3.8) is 0 Å². The summed E-state index contributed by atoms with van der Waals surface area (Å²) in [7, 11) is 0. The Bertz CT molecular complexity index is 782. The van der Waals surface area contributed by atoms with Crippen LogP contribution in [0.4, 0.5) is 0 Å². The van der Waals surface area contributed by atoms with Crippen molar-refractivity contribution in [3.05, 3.63) is 59.9 Å². The molecule has 6 heteroatoms. The largest absolute Gasteiger partial charge is 0.491 e. The smallest absolute Gasteiger partial charge is 0.255 e. The van der Waals surface area contributed by atoms with Gasteiger partial charge >= 0.3 is 0 Å². The molecule has 3 rings (SSSR count). The number of pyridine rings is 1. The van der Waals surface area contributed by atoms with E-state index in [2.05, 4.69) is 10.3 Å². The van der Waals surface area contributed by atoms with Gasteiger partial charge in [0.25, 0.3) is 11.8 Å². The molecule has 2 heterocycles. The maximum Gasteiger partial charge on any atom is 0.255 e. The predicted octanol–water partition coefficient (Wildman–Crippen LogP) is 3.15. The number of benzene rings is 1. The number of piperidine rings is 1. The Hall–Kier alpha value is -2.89. The molecule has 2 aromatic rings. The highest BCUT2D eigenvalue weighted by atomic mass is 16.5. The highest BCUT2D eigenvalue weighted by Crippen LogP contribution is 2.19. The van der Waals surface area contributed by atoms with Gasteiger partial charge in [-0.15, -0.1) is 0 Å². The van der Waals surface area contributed by atoms with Crippen molar-refractivity contribution in [3.8, 4) is 5.75 Å². The Morgan fingerprint density at radius 3 is 2.46 bits per heavy atom. The maximum atomic E-state index is 12.5. The van der Waals surface area contributed by atoms with Gasteiger partial charge in [-0.1, -0.05) is 0 Å². The van der Waals surface area contributed by atoms with E-state index in [0.29, 0.717) is 36.7 Å². The monoisotopic (exact) mass is 381 g/mol. The molecule has 0 spiro atoms. The van der Waals surface area contributed by atoms with E-state index in [0.717, 1.165) is 18.6 Å². The van der Waals surface area contributed by atoms with Gasteiger partial charge in [0.05, 0.1) is 11.7 Å². The van der Waals surface area contributed by atoms with Gasteiger partial charge in [0.15, 0.2) is 0 Å². The van der Waals surface area contributed by atoms with Crippen LogP contribution >= 0.6 is 0 Å². The molecule has 1 N–H and O–H groups in total. The standard InChI is InChI=1S/C22H27N3O3/c1-16(2)28-20-7-5-18(6-8-20)21(26)24-14-17-9-12-25(13-10-17)22(27)19-4-3-11-23-15-19/h3-8,11,15-17H,9-10,12-14H2,1-2H3,(H,24,26). The molecule has 148 valence electrons. The minimum Gasteiger partial charge on any atom is -0.491 e. The van der Waals surface area contributed by atoms with Crippen LogP contribution in [-0.2, 0) is 0 Å². The van der Waals surface area contributed by atoms with Gasteiger partial charge in [-0.3, -0.25) is 14.6 Å². The van der Waals surface area contributed by atoms with Gasteiger partial charge < -0.3 is 15.0 Å². The average molecular weight is 381 g/mol. The van der Waals surface area contributed by atoms with E-state index in [1.807, 2.05) is 30.9 Å². The topological polar surface area (TPSA) is 71.5 Å². The molecule has 1 saturated heterocycles. The van der Waals surface area contributed by atoms with Crippen LogP contribution in [0.3, 0.4) is 0 Å². The van der Waals surface area contributed by atoms with E-state index in [1.165, 1.54) is 0 Å². The third kappa shape index (κ3) is 5.31. The van der Waals surface area contributed by atoms with Crippen LogP contribution in [0.2, 0.25) is 0 Å². The first-order valence-electron chi connectivity index (χ1n) is 9.77. The molecule has 1 aromatic carbocycles. The summed E-state index contributed by atoms with van der Waals surface area (Å²) in [6.45, 7) is 5.97. The summed E-state index contributed by atoms with van der Waals surface area (Å²) in [5.74, 6) is 1.09. The highest BCUT2D eigenvalue weighted by molar-refractivity contribution is 5.94. The number of likely N-dealkylation sites (tertiary alicyclic amines) is 1. The number of carbonyl (C=O) groups is 2. The third-order valence-corrected chi connectivity index (χ3v) is 4.85. The summed E-state index contributed by atoms with van der Waals surface area (Å²) in [6.07, 6.45) is 5.14. The number of nitrogens with one attached hydrogen (secondary N) is 1. The van der Waals surface area contributed by atoms with Crippen molar-refractivity contribution in [2.45, 2.75) is 32.8 Å². The van der Waals surface area contributed by atoms with Crippen molar-refractivity contribution in [2.24, 2.45) is 5.92 Å². The zero-order valence-corrected chi connectivity index (χ0v) is 16.4. The van der Waals surface area contributed by atoms with Crippen LogP contribution in [-0.4, -0.2) is 47.4 Å².